The third kappa shape index (κ3) is 16.8. The minimum Gasteiger partial charge on any atom is -0.458 e. The van der Waals surface area contributed by atoms with Crippen molar-refractivity contribution < 1.29 is 28.5 Å². The molecule has 0 aliphatic rings. The Balaban J connectivity index is 3.19. The van der Waals surface area contributed by atoms with Crippen molar-refractivity contribution in [1.82, 2.24) is 0 Å². The molecule has 0 spiro atoms. The molecule has 0 bridgehead atoms. The van der Waals surface area contributed by atoms with Crippen LogP contribution in [0.2, 0.25) is 0 Å². The van der Waals surface area contributed by atoms with Crippen LogP contribution in [0.25, 0.3) is 0 Å². The molecule has 0 aromatic heterocycles. The van der Waals surface area contributed by atoms with Gasteiger partial charge in [-0.3, -0.25) is 0 Å². The van der Waals surface area contributed by atoms with Gasteiger partial charge in [0.25, 0.3) is 0 Å². The van der Waals surface area contributed by atoms with Gasteiger partial charge < -0.3 is 23.7 Å². The van der Waals surface area contributed by atoms with Crippen LogP contribution in [0.1, 0.15) is 20.8 Å². The van der Waals surface area contributed by atoms with E-state index in [1.165, 1.54) is 0 Å². The molecule has 0 atom stereocenters. The van der Waals surface area contributed by atoms with E-state index in [1.807, 2.05) is 20.8 Å². The lowest BCUT2D eigenvalue weighted by Gasteiger charge is -2.19. The summed E-state index contributed by atoms with van der Waals surface area (Å²) in [6.45, 7) is 8.31. The molecule has 0 unspecified atom stereocenters. The summed E-state index contributed by atoms with van der Waals surface area (Å²) in [7, 11) is 0. The molecule has 21 heavy (non-hydrogen) atoms. The lowest BCUT2D eigenvalue weighted by Crippen LogP contribution is -2.27. The van der Waals surface area contributed by atoms with Crippen LogP contribution in [0.3, 0.4) is 0 Å². The van der Waals surface area contributed by atoms with Crippen molar-refractivity contribution in [3.8, 4) is 12.3 Å². The summed E-state index contributed by atoms with van der Waals surface area (Å²) in [5.74, 6) is 1.99. The molecule has 6 heteroatoms. The zero-order valence-corrected chi connectivity index (χ0v) is 13.2. The molecule has 0 fully saturated rings. The Kier molecular flexibility index (Phi) is 11.9. The number of terminal acetylenes is 1. The Morgan fingerprint density at radius 1 is 0.905 bits per heavy atom. The first-order chi connectivity index (χ1) is 9.95. The molecule has 0 heterocycles. The molecular formula is C15H26O6. The molecule has 0 aliphatic heterocycles. The number of ether oxygens (including phenoxy) is 5. The van der Waals surface area contributed by atoms with Gasteiger partial charge in [0.1, 0.15) is 18.8 Å². The Hall–Kier alpha value is -1.13. The summed E-state index contributed by atoms with van der Waals surface area (Å²) in [6, 6.07) is 0. The third-order valence-electron chi connectivity index (χ3n) is 1.94. The summed E-state index contributed by atoms with van der Waals surface area (Å²) >= 11 is 0. The number of carbonyl (C=O) groups is 1. The largest absolute Gasteiger partial charge is 0.458 e. The van der Waals surface area contributed by atoms with Crippen molar-refractivity contribution in [2.24, 2.45) is 0 Å². The van der Waals surface area contributed by atoms with Gasteiger partial charge in [0.2, 0.25) is 0 Å². The highest BCUT2D eigenvalue weighted by Gasteiger charge is 2.15. The molecule has 6 nitrogen and oxygen atoms in total. The Bertz CT molecular complexity index is 302. The first kappa shape index (κ1) is 19.9. The maximum Gasteiger partial charge on any atom is 0.332 e. The van der Waals surface area contributed by atoms with E-state index in [1.54, 1.807) is 0 Å². The number of hydrogen-bond acceptors (Lipinski definition) is 6. The van der Waals surface area contributed by atoms with Gasteiger partial charge in [-0.1, -0.05) is 5.92 Å². The normalized spacial score (nSPS) is 11.1. The maximum atomic E-state index is 11.3. The van der Waals surface area contributed by atoms with Crippen LogP contribution in [-0.4, -0.2) is 64.4 Å². The highest BCUT2D eigenvalue weighted by Crippen LogP contribution is 2.06. The molecular weight excluding hydrogens is 276 g/mol. The Morgan fingerprint density at radius 2 is 1.38 bits per heavy atom. The number of carbonyl (C=O) groups excluding carboxylic acids is 1. The van der Waals surface area contributed by atoms with Crippen LogP contribution in [-0.2, 0) is 28.5 Å². The van der Waals surface area contributed by atoms with Gasteiger partial charge in [-0.2, -0.15) is 0 Å². The average Bonchev–Trinajstić information content (AvgIpc) is 2.38. The highest BCUT2D eigenvalue weighted by molar-refractivity contribution is 5.71. The van der Waals surface area contributed by atoms with Gasteiger partial charge in [-0.05, 0) is 20.8 Å². The van der Waals surface area contributed by atoms with Gasteiger partial charge >= 0.3 is 5.97 Å². The van der Waals surface area contributed by atoms with Crippen molar-refractivity contribution in [2.45, 2.75) is 26.4 Å². The maximum absolute atomic E-state index is 11.3. The summed E-state index contributed by atoms with van der Waals surface area (Å²) in [5, 5.41) is 0. The van der Waals surface area contributed by atoms with Crippen LogP contribution in [0.15, 0.2) is 0 Å². The molecule has 0 aromatic carbocycles. The quantitative estimate of drug-likeness (QED) is 0.305. The Labute approximate surface area is 127 Å². The van der Waals surface area contributed by atoms with Gasteiger partial charge in [0, 0.05) is 0 Å². The van der Waals surface area contributed by atoms with E-state index in [-0.39, 0.29) is 12.6 Å². The standard InChI is InChI=1S/C15H26O6/c1-5-6-17-7-8-18-9-10-19-11-12-20-13-14(16)21-15(2,3)4/h1H,6-13H2,2-4H3. The van der Waals surface area contributed by atoms with Crippen LogP contribution < -0.4 is 0 Å². The fraction of sp³-hybridized carbons (Fsp3) is 0.800. The SMILES string of the molecule is C#CCOCCOCCOCCOCC(=O)OC(C)(C)C. The second-order valence-electron chi connectivity index (χ2n) is 5.12. The Morgan fingerprint density at radius 3 is 1.86 bits per heavy atom. The van der Waals surface area contributed by atoms with Gasteiger partial charge in [0.05, 0.1) is 39.6 Å². The third-order valence-corrected chi connectivity index (χ3v) is 1.94. The van der Waals surface area contributed by atoms with Crippen LogP contribution in [0.4, 0.5) is 0 Å². The van der Waals surface area contributed by atoms with Gasteiger partial charge in [-0.25, -0.2) is 4.79 Å². The lowest BCUT2D eigenvalue weighted by atomic mass is 10.2. The molecule has 0 aromatic rings. The zero-order valence-electron chi connectivity index (χ0n) is 13.2. The summed E-state index contributed by atoms with van der Waals surface area (Å²) in [6.07, 6.45) is 5.02. The summed E-state index contributed by atoms with van der Waals surface area (Å²) < 4.78 is 25.8. The van der Waals surface area contributed by atoms with E-state index >= 15 is 0 Å². The van der Waals surface area contributed by atoms with Crippen LogP contribution >= 0.6 is 0 Å². The number of rotatable bonds is 12. The topological polar surface area (TPSA) is 63.2 Å². The monoisotopic (exact) mass is 302 g/mol. The summed E-state index contributed by atoms with van der Waals surface area (Å²) in [4.78, 5) is 11.3. The zero-order chi connectivity index (χ0) is 16.0. The van der Waals surface area contributed by atoms with E-state index < -0.39 is 5.60 Å². The molecule has 0 amide bonds. The van der Waals surface area contributed by atoms with E-state index in [0.29, 0.717) is 46.2 Å². The van der Waals surface area contributed by atoms with Crippen LogP contribution in [0, 0.1) is 12.3 Å². The fourth-order valence-corrected chi connectivity index (χ4v) is 1.22. The smallest absolute Gasteiger partial charge is 0.332 e. The van der Waals surface area contributed by atoms with Crippen LogP contribution in [0.5, 0.6) is 0 Å². The van der Waals surface area contributed by atoms with Crippen molar-refractivity contribution in [3.05, 3.63) is 0 Å². The molecule has 0 radical (unpaired) electrons. The van der Waals surface area contributed by atoms with E-state index in [0.717, 1.165) is 0 Å². The molecule has 122 valence electrons. The number of hydrogen-bond donors (Lipinski definition) is 0. The van der Waals surface area contributed by atoms with E-state index in [2.05, 4.69) is 5.92 Å². The predicted molar refractivity (Wildman–Crippen MR) is 78.0 cm³/mol. The van der Waals surface area contributed by atoms with E-state index in [9.17, 15) is 4.79 Å². The van der Waals surface area contributed by atoms with Gasteiger partial charge in [-0.15, -0.1) is 6.42 Å². The second kappa shape index (κ2) is 12.6. The van der Waals surface area contributed by atoms with Gasteiger partial charge in [0.15, 0.2) is 0 Å². The minimum atomic E-state index is -0.488. The number of esters is 1. The first-order valence-electron chi connectivity index (χ1n) is 6.92. The van der Waals surface area contributed by atoms with Crippen molar-refractivity contribution in [3.63, 3.8) is 0 Å². The molecule has 0 rings (SSSR count). The average molecular weight is 302 g/mol. The molecule has 0 N–H and O–H groups in total. The van der Waals surface area contributed by atoms with Crippen molar-refractivity contribution in [2.75, 3.05) is 52.9 Å². The lowest BCUT2D eigenvalue weighted by molar-refractivity contribution is -0.160. The molecule has 0 saturated carbocycles. The van der Waals surface area contributed by atoms with Crippen molar-refractivity contribution >= 4 is 5.97 Å². The predicted octanol–water partition coefficient (Wildman–Crippen LogP) is 1.03. The van der Waals surface area contributed by atoms with Crippen molar-refractivity contribution in [1.29, 1.82) is 0 Å². The van der Waals surface area contributed by atoms with E-state index in [4.69, 9.17) is 30.1 Å². The first-order valence-corrected chi connectivity index (χ1v) is 6.92. The fourth-order valence-electron chi connectivity index (χ4n) is 1.22. The molecule has 0 aliphatic carbocycles. The second-order valence-corrected chi connectivity index (χ2v) is 5.12. The molecule has 0 saturated heterocycles. The summed E-state index contributed by atoms with van der Waals surface area (Å²) in [5.41, 5.74) is -0.488. The highest BCUT2D eigenvalue weighted by atomic mass is 16.6. The minimum absolute atomic E-state index is 0.0658.